The number of aliphatic hydroxyl groups is 13. The monoisotopic (exact) mass is 964 g/mol. The van der Waals surface area contributed by atoms with E-state index in [4.69, 9.17) is 37.9 Å². The van der Waals surface area contributed by atoms with Crippen LogP contribution in [-0.2, 0) is 42.7 Å². The largest absolute Gasteiger partial charge is 0.432 e. The summed E-state index contributed by atoms with van der Waals surface area (Å²) in [7, 11) is 0. The van der Waals surface area contributed by atoms with Crippen molar-refractivity contribution < 1.29 is 109 Å². The minimum Gasteiger partial charge on any atom is -0.432 e. The molecule has 384 valence electrons. The lowest BCUT2D eigenvalue weighted by molar-refractivity contribution is -0.398. The number of rotatable bonds is 12. The van der Waals surface area contributed by atoms with Crippen LogP contribution in [0.25, 0.3) is 0 Å². The van der Waals surface area contributed by atoms with Crippen molar-refractivity contribution in [2.45, 2.75) is 201 Å². The standard InChI is InChI=1S/C45H72O22/c1-18-12-44-10-6-24-42(3,8-5-9-43(24,4)41(59)66-39-34(58)31(55)28(52)22(15-48)62-39)25(44)7-11-45(18,17-44)67-40-36(65-37-32(56)26(50)19(2)20(13-46)60-37)35(29(53)23(16-49)63-40)64-38-33(57)30(54)27(51)21(14-47)61-38/h19-40,46-58H,1,5-17H2,2-4H3/t19-,20-,21-,22-,23-,24?,25?,26+,27-,28+,29-,30+,31-,32-,33-,34-,35+,36-,37+,38+,39+,40+,42-,43?,44-,45+/m1/s1. The minimum atomic E-state index is -1.92. The van der Waals surface area contributed by atoms with Crippen molar-refractivity contribution in [3.05, 3.63) is 12.2 Å². The first-order valence-corrected chi connectivity index (χ1v) is 23.7. The van der Waals surface area contributed by atoms with Crippen molar-refractivity contribution >= 4 is 5.97 Å². The van der Waals surface area contributed by atoms with Crippen LogP contribution in [0.3, 0.4) is 0 Å². The third kappa shape index (κ3) is 8.64. The predicted molar refractivity (Wildman–Crippen MR) is 222 cm³/mol. The molecule has 26 atom stereocenters. The third-order valence-electron chi connectivity index (χ3n) is 17.5. The molecule has 67 heavy (non-hydrogen) atoms. The molecule has 8 fully saturated rings. The number of esters is 1. The number of hydrogen-bond acceptors (Lipinski definition) is 22. The van der Waals surface area contributed by atoms with Crippen LogP contribution in [-0.4, -0.2) is 221 Å². The Morgan fingerprint density at radius 2 is 1.10 bits per heavy atom. The molecule has 4 saturated heterocycles. The number of aliphatic hydroxyl groups excluding tert-OH is 13. The highest BCUT2D eigenvalue weighted by Gasteiger charge is 2.70. The molecule has 0 aromatic heterocycles. The Morgan fingerprint density at radius 1 is 0.597 bits per heavy atom. The lowest BCUT2D eigenvalue weighted by Crippen LogP contribution is -2.67. The Balaban J connectivity index is 1.06. The van der Waals surface area contributed by atoms with Crippen LogP contribution in [0.1, 0.15) is 78.6 Å². The fraction of sp³-hybridized carbons (Fsp3) is 0.933. The summed E-state index contributed by atoms with van der Waals surface area (Å²) in [4.78, 5) is 14.3. The maximum atomic E-state index is 14.3. The van der Waals surface area contributed by atoms with E-state index < -0.39 is 171 Å². The summed E-state index contributed by atoms with van der Waals surface area (Å²) in [6, 6.07) is 0. The lowest BCUT2D eigenvalue weighted by Gasteiger charge is -2.64. The molecule has 4 aliphatic carbocycles. The normalized spacial score (nSPS) is 54.5. The van der Waals surface area contributed by atoms with Crippen molar-refractivity contribution in [2.24, 2.45) is 34.0 Å². The molecule has 22 nitrogen and oxygen atoms in total. The van der Waals surface area contributed by atoms with Gasteiger partial charge in [0.25, 0.3) is 0 Å². The van der Waals surface area contributed by atoms with E-state index in [0.29, 0.717) is 51.4 Å². The van der Waals surface area contributed by atoms with Gasteiger partial charge >= 0.3 is 5.97 Å². The molecule has 4 saturated carbocycles. The summed E-state index contributed by atoms with van der Waals surface area (Å²) in [5.41, 5.74) is -2.19. The summed E-state index contributed by atoms with van der Waals surface area (Å²) in [6.07, 6.45) is -25.4. The quantitative estimate of drug-likeness (QED) is 0.0506. The van der Waals surface area contributed by atoms with Gasteiger partial charge in [0, 0.05) is 5.92 Å². The predicted octanol–water partition coefficient (Wildman–Crippen LogP) is -3.84. The zero-order valence-corrected chi connectivity index (χ0v) is 38.1. The Morgan fingerprint density at radius 3 is 1.72 bits per heavy atom. The highest BCUT2D eigenvalue weighted by molar-refractivity contribution is 5.77. The van der Waals surface area contributed by atoms with E-state index in [0.717, 1.165) is 12.0 Å². The molecule has 1 spiro atoms. The van der Waals surface area contributed by atoms with E-state index in [-0.39, 0.29) is 17.3 Å². The zero-order chi connectivity index (χ0) is 48.7. The fourth-order valence-electron chi connectivity index (χ4n) is 13.7. The Labute approximate surface area is 387 Å². The van der Waals surface area contributed by atoms with E-state index in [2.05, 4.69) is 13.5 Å². The van der Waals surface area contributed by atoms with Crippen LogP contribution in [0.5, 0.6) is 0 Å². The van der Waals surface area contributed by atoms with Crippen molar-refractivity contribution in [1.29, 1.82) is 0 Å². The second kappa shape index (κ2) is 19.4. The molecule has 0 radical (unpaired) electrons. The van der Waals surface area contributed by atoms with Crippen LogP contribution < -0.4 is 0 Å². The molecular weight excluding hydrogens is 892 g/mol. The summed E-state index contributed by atoms with van der Waals surface area (Å²) < 4.78 is 48.8. The Hall–Kier alpha value is -1.59. The molecule has 0 aromatic rings. The van der Waals surface area contributed by atoms with Gasteiger partial charge in [0.15, 0.2) is 18.9 Å². The number of carbonyl (C=O) groups excluding carboxylic acids is 1. The maximum absolute atomic E-state index is 14.3. The maximum Gasteiger partial charge on any atom is 0.314 e. The summed E-state index contributed by atoms with van der Waals surface area (Å²) in [5, 5.41) is 138. The average Bonchev–Trinajstić information content (AvgIpc) is 3.50. The number of carbonyl (C=O) groups is 1. The van der Waals surface area contributed by atoms with Crippen molar-refractivity contribution in [3.63, 3.8) is 0 Å². The Bertz CT molecular complexity index is 1760. The van der Waals surface area contributed by atoms with Crippen molar-refractivity contribution in [2.75, 3.05) is 26.4 Å². The highest BCUT2D eigenvalue weighted by atomic mass is 16.8. The van der Waals surface area contributed by atoms with Crippen LogP contribution in [0.2, 0.25) is 0 Å². The number of ether oxygens (including phenoxy) is 8. The third-order valence-corrected chi connectivity index (χ3v) is 17.5. The van der Waals surface area contributed by atoms with Gasteiger partial charge < -0.3 is 104 Å². The van der Waals surface area contributed by atoms with E-state index >= 15 is 0 Å². The van der Waals surface area contributed by atoms with Gasteiger partial charge in [0.1, 0.15) is 79.4 Å². The fourth-order valence-corrected chi connectivity index (χ4v) is 13.7. The summed E-state index contributed by atoms with van der Waals surface area (Å²) in [5.74, 6) is -1.49. The van der Waals surface area contributed by atoms with Gasteiger partial charge in [-0.2, -0.15) is 0 Å². The molecule has 0 amide bonds. The zero-order valence-electron chi connectivity index (χ0n) is 38.1. The first kappa shape index (κ1) is 51.8. The number of hydrogen-bond donors (Lipinski definition) is 13. The molecule has 0 aromatic carbocycles. The van der Waals surface area contributed by atoms with Crippen LogP contribution in [0.15, 0.2) is 12.2 Å². The SMILES string of the molecule is C=C1C[C@@]23CCC4C(C)(C(=O)O[C@@H]5O[C@H](CO)[C@H](O)[C@@H](O)[C@H]5O)CCC[C@@]4(C)C2CC[C@]1(O[C@@H]1O[C@H](CO)[C@@H](O)[C@H](O[C@@H]2O[C@H](CO)[C@@H](O)[C@H](O)[C@H]2O)[C@H]1O[C@@H]1O[C@H](CO)[C@@H](C)[C@H](O)[C@H]1O)C3. The average molecular weight is 965 g/mol. The second-order valence-corrected chi connectivity index (χ2v) is 21.2. The first-order chi connectivity index (χ1) is 31.6. The molecule has 8 rings (SSSR count). The van der Waals surface area contributed by atoms with Gasteiger partial charge in [-0.3, -0.25) is 4.79 Å². The molecular formula is C45H72O22. The Kier molecular flexibility index (Phi) is 15.0. The van der Waals surface area contributed by atoms with E-state index in [9.17, 15) is 71.2 Å². The molecule has 8 aliphatic rings. The molecule has 3 unspecified atom stereocenters. The van der Waals surface area contributed by atoms with Gasteiger partial charge in [0.05, 0.1) is 49.7 Å². The topological polar surface area (TPSA) is 354 Å². The van der Waals surface area contributed by atoms with Gasteiger partial charge in [-0.05, 0) is 86.5 Å². The van der Waals surface area contributed by atoms with Crippen LogP contribution >= 0.6 is 0 Å². The van der Waals surface area contributed by atoms with E-state index in [1.165, 1.54) is 0 Å². The van der Waals surface area contributed by atoms with Gasteiger partial charge in [-0.1, -0.05) is 26.8 Å². The smallest absolute Gasteiger partial charge is 0.314 e. The molecule has 2 bridgehead atoms. The number of fused-ring (bicyclic) bond motifs is 3. The van der Waals surface area contributed by atoms with Crippen LogP contribution in [0.4, 0.5) is 0 Å². The highest BCUT2D eigenvalue weighted by Crippen LogP contribution is 2.74. The van der Waals surface area contributed by atoms with Gasteiger partial charge in [0.2, 0.25) is 6.29 Å². The van der Waals surface area contributed by atoms with E-state index in [1.807, 2.05) is 6.92 Å². The van der Waals surface area contributed by atoms with Gasteiger partial charge in [-0.15, -0.1) is 0 Å². The molecule has 13 N–H and O–H groups in total. The summed E-state index contributed by atoms with van der Waals surface area (Å²) in [6.45, 7) is 7.35. The first-order valence-electron chi connectivity index (χ1n) is 23.7. The summed E-state index contributed by atoms with van der Waals surface area (Å²) >= 11 is 0. The lowest BCUT2D eigenvalue weighted by atomic mass is 9.41. The van der Waals surface area contributed by atoms with Gasteiger partial charge in [-0.25, -0.2) is 0 Å². The molecule has 22 heteroatoms. The minimum absolute atomic E-state index is 0.0488. The van der Waals surface area contributed by atoms with E-state index in [1.54, 1.807) is 6.92 Å². The molecule has 4 heterocycles. The van der Waals surface area contributed by atoms with Crippen molar-refractivity contribution in [1.82, 2.24) is 0 Å². The second-order valence-electron chi connectivity index (χ2n) is 21.2. The van der Waals surface area contributed by atoms with Crippen molar-refractivity contribution in [3.8, 4) is 0 Å². The molecule has 4 aliphatic heterocycles. The van der Waals surface area contributed by atoms with Crippen LogP contribution in [0, 0.1) is 34.0 Å².